The SMILES string of the molecule is Cc1cc2cc([C@H](c3nnnn3Cc3ccco3)N3CCN(c4ccc([N+](=O)[O-])cc4)CC3)c(=O)[nH]c2cc1C. The minimum atomic E-state index is -0.501. The second kappa shape index (κ2) is 10.4. The lowest BCUT2D eigenvalue weighted by Crippen LogP contribution is -2.49. The van der Waals surface area contributed by atoms with Gasteiger partial charge in [-0.25, -0.2) is 4.68 Å². The summed E-state index contributed by atoms with van der Waals surface area (Å²) in [5, 5.41) is 24.6. The van der Waals surface area contributed by atoms with Gasteiger partial charge < -0.3 is 14.3 Å². The summed E-state index contributed by atoms with van der Waals surface area (Å²) >= 11 is 0. The minimum absolute atomic E-state index is 0.0619. The molecule has 1 atom stereocenters. The normalized spacial score (nSPS) is 15.0. The van der Waals surface area contributed by atoms with Crippen molar-refractivity contribution < 1.29 is 9.34 Å². The van der Waals surface area contributed by atoms with Crippen molar-refractivity contribution in [2.45, 2.75) is 26.4 Å². The lowest BCUT2D eigenvalue weighted by atomic mass is 10.00. The van der Waals surface area contributed by atoms with E-state index in [4.69, 9.17) is 4.42 Å². The van der Waals surface area contributed by atoms with Gasteiger partial charge in [0.25, 0.3) is 11.2 Å². The quantitative estimate of drug-likeness (QED) is 0.242. The number of H-pyrrole nitrogens is 1. The average Bonchev–Trinajstić information content (AvgIpc) is 3.64. The van der Waals surface area contributed by atoms with Crippen molar-refractivity contribution in [3.05, 3.63) is 110 Å². The molecule has 0 unspecified atom stereocenters. The van der Waals surface area contributed by atoms with Gasteiger partial charge in [0.15, 0.2) is 5.82 Å². The third kappa shape index (κ3) is 4.84. The van der Waals surface area contributed by atoms with Crippen molar-refractivity contribution in [2.75, 3.05) is 31.1 Å². The summed E-state index contributed by atoms with van der Waals surface area (Å²) in [6.07, 6.45) is 1.60. The number of pyridine rings is 1. The van der Waals surface area contributed by atoms with E-state index in [0.717, 1.165) is 27.7 Å². The number of aryl methyl sites for hydroxylation is 2. The van der Waals surface area contributed by atoms with E-state index in [9.17, 15) is 14.9 Å². The lowest BCUT2D eigenvalue weighted by Gasteiger charge is -2.39. The fourth-order valence-corrected chi connectivity index (χ4v) is 5.29. The number of furan rings is 1. The molecule has 2 aromatic carbocycles. The van der Waals surface area contributed by atoms with Gasteiger partial charge in [0.1, 0.15) is 18.3 Å². The van der Waals surface area contributed by atoms with Crippen LogP contribution in [0.2, 0.25) is 0 Å². The molecule has 1 aliphatic rings. The molecule has 1 aliphatic heterocycles. The van der Waals surface area contributed by atoms with Gasteiger partial charge in [-0.3, -0.25) is 19.8 Å². The summed E-state index contributed by atoms with van der Waals surface area (Å²) in [5.74, 6) is 1.25. The molecule has 5 aromatic rings. The van der Waals surface area contributed by atoms with Crippen LogP contribution < -0.4 is 10.5 Å². The topological polar surface area (TPSA) is 139 Å². The average molecular weight is 541 g/mol. The molecular weight excluding hydrogens is 512 g/mol. The molecule has 0 aliphatic carbocycles. The number of hydrogen-bond acceptors (Lipinski definition) is 9. The Morgan fingerprint density at radius 2 is 1.80 bits per heavy atom. The highest BCUT2D eigenvalue weighted by atomic mass is 16.6. The van der Waals surface area contributed by atoms with Crippen molar-refractivity contribution in [1.82, 2.24) is 30.1 Å². The molecule has 4 heterocycles. The number of fused-ring (bicyclic) bond motifs is 1. The van der Waals surface area contributed by atoms with Crippen molar-refractivity contribution in [1.29, 1.82) is 0 Å². The van der Waals surface area contributed by atoms with Crippen molar-refractivity contribution in [3.8, 4) is 0 Å². The van der Waals surface area contributed by atoms with Gasteiger partial charge in [-0.05, 0) is 83.3 Å². The molecule has 0 spiro atoms. The van der Waals surface area contributed by atoms with E-state index in [1.807, 2.05) is 31.2 Å². The molecule has 204 valence electrons. The van der Waals surface area contributed by atoms with Gasteiger partial charge in [-0.15, -0.1) is 5.10 Å². The number of hydrogen-bond donors (Lipinski definition) is 1. The summed E-state index contributed by atoms with van der Waals surface area (Å²) in [7, 11) is 0. The Bertz CT molecular complexity index is 1720. The minimum Gasteiger partial charge on any atom is -0.467 e. The number of nitrogens with zero attached hydrogens (tertiary/aromatic N) is 7. The number of benzene rings is 2. The lowest BCUT2D eigenvalue weighted by molar-refractivity contribution is -0.384. The van der Waals surface area contributed by atoms with Gasteiger partial charge in [-0.1, -0.05) is 0 Å². The highest BCUT2D eigenvalue weighted by Gasteiger charge is 2.33. The molecule has 0 bridgehead atoms. The third-order valence-corrected chi connectivity index (χ3v) is 7.58. The van der Waals surface area contributed by atoms with Crippen LogP contribution in [0.4, 0.5) is 11.4 Å². The van der Waals surface area contributed by atoms with Gasteiger partial charge >= 0.3 is 0 Å². The molecule has 0 radical (unpaired) electrons. The maximum Gasteiger partial charge on any atom is 0.269 e. The number of nitrogens with one attached hydrogen (secondary N) is 1. The van der Waals surface area contributed by atoms with Crippen molar-refractivity contribution >= 4 is 22.3 Å². The fourth-order valence-electron chi connectivity index (χ4n) is 5.29. The van der Waals surface area contributed by atoms with Crippen LogP contribution in [0.3, 0.4) is 0 Å². The van der Waals surface area contributed by atoms with Crippen LogP contribution in [0.5, 0.6) is 0 Å². The second-order valence-electron chi connectivity index (χ2n) is 10.1. The molecule has 1 saturated heterocycles. The number of non-ortho nitro benzene ring substituents is 1. The zero-order chi connectivity index (χ0) is 27.8. The molecule has 1 N–H and O–H groups in total. The molecule has 0 amide bonds. The summed E-state index contributed by atoms with van der Waals surface area (Å²) in [6.45, 7) is 6.99. The van der Waals surface area contributed by atoms with Crippen molar-refractivity contribution in [3.63, 3.8) is 0 Å². The number of tetrazole rings is 1. The molecule has 6 rings (SSSR count). The molecule has 40 heavy (non-hydrogen) atoms. The Labute approximate surface area is 229 Å². The molecule has 0 saturated carbocycles. The monoisotopic (exact) mass is 540 g/mol. The Kier molecular flexibility index (Phi) is 6.60. The standard InChI is InChI=1S/C28H28N8O4/c1-18-14-20-16-24(28(37)29-25(20)15-19(18)2)26(27-30-31-32-35(27)17-23-4-3-13-40-23)34-11-9-33(10-12-34)21-5-7-22(8-6-21)36(38)39/h3-8,13-16,26H,9-12,17H2,1-2H3,(H,29,37)/t26-/m1/s1. The Balaban J connectivity index is 1.36. The third-order valence-electron chi connectivity index (χ3n) is 7.58. The number of nitro benzene ring substituents is 1. The summed E-state index contributed by atoms with van der Waals surface area (Å²) < 4.78 is 7.21. The van der Waals surface area contributed by atoms with E-state index >= 15 is 0 Å². The molecule has 3 aromatic heterocycles. The summed E-state index contributed by atoms with van der Waals surface area (Å²) in [4.78, 5) is 31.7. The fraction of sp³-hybridized carbons (Fsp3) is 0.286. The first kappa shape index (κ1) is 25.4. The largest absolute Gasteiger partial charge is 0.467 e. The van der Waals surface area contributed by atoms with E-state index < -0.39 is 11.0 Å². The summed E-state index contributed by atoms with van der Waals surface area (Å²) in [6, 6.07) is 15.8. The van der Waals surface area contributed by atoms with Gasteiger partial charge in [0.2, 0.25) is 0 Å². The number of aromatic nitrogens is 5. The predicted octanol–water partition coefficient (Wildman–Crippen LogP) is 3.59. The van der Waals surface area contributed by atoms with Gasteiger partial charge in [0, 0.05) is 55.1 Å². The van der Waals surface area contributed by atoms with Gasteiger partial charge in [-0.2, -0.15) is 0 Å². The smallest absolute Gasteiger partial charge is 0.269 e. The maximum atomic E-state index is 13.6. The Morgan fingerprint density at radius 3 is 2.50 bits per heavy atom. The van der Waals surface area contributed by atoms with E-state index in [1.165, 1.54) is 12.1 Å². The molecule has 1 fully saturated rings. The van der Waals surface area contributed by atoms with Crippen LogP contribution in [0.25, 0.3) is 10.9 Å². The number of aromatic amines is 1. The highest BCUT2D eigenvalue weighted by Crippen LogP contribution is 2.30. The second-order valence-corrected chi connectivity index (χ2v) is 10.1. The number of nitro groups is 1. The summed E-state index contributed by atoms with van der Waals surface area (Å²) in [5.41, 5.74) is 4.39. The Hall–Kier alpha value is -4.84. The molecular formula is C28H28N8O4. The maximum absolute atomic E-state index is 13.6. The highest BCUT2D eigenvalue weighted by molar-refractivity contribution is 5.81. The first-order valence-corrected chi connectivity index (χ1v) is 13.0. The van der Waals surface area contributed by atoms with Crippen LogP contribution in [0.15, 0.2) is 70.1 Å². The predicted molar refractivity (Wildman–Crippen MR) is 148 cm³/mol. The van der Waals surface area contributed by atoms with Crippen LogP contribution >= 0.6 is 0 Å². The van der Waals surface area contributed by atoms with Crippen LogP contribution in [0, 0.1) is 24.0 Å². The first-order valence-electron chi connectivity index (χ1n) is 13.0. The number of piperazine rings is 1. The number of anilines is 1. The van der Waals surface area contributed by atoms with E-state index in [0.29, 0.717) is 49.9 Å². The van der Waals surface area contributed by atoms with Crippen molar-refractivity contribution in [2.24, 2.45) is 0 Å². The zero-order valence-electron chi connectivity index (χ0n) is 22.1. The zero-order valence-corrected chi connectivity index (χ0v) is 22.1. The number of rotatable bonds is 7. The van der Waals surface area contributed by atoms with E-state index in [2.05, 4.69) is 43.3 Å². The van der Waals surface area contributed by atoms with Crippen LogP contribution in [-0.4, -0.2) is 61.2 Å². The first-order chi connectivity index (χ1) is 19.4. The van der Waals surface area contributed by atoms with Crippen LogP contribution in [0.1, 0.15) is 34.3 Å². The van der Waals surface area contributed by atoms with Gasteiger partial charge in [0.05, 0.1) is 11.2 Å². The van der Waals surface area contributed by atoms with E-state index in [1.54, 1.807) is 23.1 Å². The van der Waals surface area contributed by atoms with Crippen LogP contribution in [-0.2, 0) is 6.54 Å². The molecule has 12 heteroatoms. The molecule has 12 nitrogen and oxygen atoms in total. The Morgan fingerprint density at radius 1 is 1.05 bits per heavy atom. The van der Waals surface area contributed by atoms with E-state index in [-0.39, 0.29) is 11.2 Å².